The van der Waals surface area contributed by atoms with Gasteiger partial charge in [-0.3, -0.25) is 14.5 Å². The van der Waals surface area contributed by atoms with Crippen LogP contribution in [0.25, 0.3) is 0 Å². The average molecular weight is 505 g/mol. The zero-order valence-corrected chi connectivity index (χ0v) is 22.0. The Bertz CT molecular complexity index is 1030. The third-order valence-corrected chi connectivity index (χ3v) is 7.79. The number of hydrogen-bond donors (Lipinski definition) is 2. The van der Waals surface area contributed by atoms with Gasteiger partial charge >= 0.3 is 0 Å². The number of benzene rings is 1. The molecule has 2 amide bonds. The summed E-state index contributed by atoms with van der Waals surface area (Å²) >= 11 is 6.24. The molecule has 5 atom stereocenters. The van der Waals surface area contributed by atoms with Crippen LogP contribution in [0, 0.1) is 11.8 Å². The molecule has 3 N–H and O–H groups in total. The quantitative estimate of drug-likeness (QED) is 0.559. The van der Waals surface area contributed by atoms with E-state index in [4.69, 9.17) is 26.8 Å². The molecule has 2 heterocycles. The summed E-state index contributed by atoms with van der Waals surface area (Å²) in [6, 6.07) is 5.08. The summed E-state index contributed by atoms with van der Waals surface area (Å²) in [6.45, 7) is 8.45. The first kappa shape index (κ1) is 25.8. The van der Waals surface area contributed by atoms with Crippen LogP contribution in [0.15, 0.2) is 23.2 Å². The van der Waals surface area contributed by atoms with E-state index in [1.807, 2.05) is 39.8 Å². The maximum atomic E-state index is 13.4. The number of nitrogens with two attached hydrogens (primary N) is 1. The number of amides is 2. The Balaban J connectivity index is 1.51. The monoisotopic (exact) mass is 504 g/mol. The smallest absolute Gasteiger partial charge is 0.231 e. The highest BCUT2D eigenvalue weighted by Gasteiger charge is 2.52. The Labute approximate surface area is 212 Å². The molecule has 1 fully saturated rings. The molecule has 1 aromatic carbocycles. The molecule has 4 rings (SSSR count). The first-order valence-corrected chi connectivity index (χ1v) is 12.8. The molecule has 0 radical (unpaired) electrons. The van der Waals surface area contributed by atoms with Crippen LogP contribution in [0.1, 0.15) is 71.4 Å². The third-order valence-electron chi connectivity index (χ3n) is 7.56. The van der Waals surface area contributed by atoms with Crippen LogP contribution in [0.2, 0.25) is 5.02 Å². The molecule has 8 nitrogen and oxygen atoms in total. The number of fused-ring (bicyclic) bond motifs is 1. The van der Waals surface area contributed by atoms with E-state index in [1.165, 1.54) is 0 Å². The Morgan fingerprint density at radius 3 is 2.80 bits per heavy atom. The largest absolute Gasteiger partial charge is 0.487 e. The highest BCUT2D eigenvalue weighted by Crippen LogP contribution is 2.47. The number of guanidine groups is 1. The van der Waals surface area contributed by atoms with E-state index in [2.05, 4.69) is 10.3 Å². The van der Waals surface area contributed by atoms with E-state index in [1.54, 1.807) is 18.1 Å². The van der Waals surface area contributed by atoms with E-state index < -0.39 is 11.1 Å². The summed E-state index contributed by atoms with van der Waals surface area (Å²) in [5.74, 6) is 0.717. The van der Waals surface area contributed by atoms with Crippen molar-refractivity contribution in [1.82, 2.24) is 10.2 Å². The summed E-state index contributed by atoms with van der Waals surface area (Å²) in [5.41, 5.74) is 6.31. The molecule has 0 spiro atoms. The van der Waals surface area contributed by atoms with E-state index >= 15 is 0 Å². The molecule has 1 saturated carbocycles. The van der Waals surface area contributed by atoms with Gasteiger partial charge in [-0.1, -0.05) is 18.5 Å². The lowest BCUT2D eigenvalue weighted by Crippen LogP contribution is -2.56. The van der Waals surface area contributed by atoms with Crippen molar-refractivity contribution in [2.45, 2.75) is 83.0 Å². The van der Waals surface area contributed by atoms with Crippen molar-refractivity contribution in [3.63, 3.8) is 0 Å². The number of halogens is 1. The number of ether oxygens (including phenoxy) is 2. The number of carbonyl (C=O) groups is 2. The Hall–Kier alpha value is -2.32. The SMILES string of the molecule is CC[C@@]1(C)CC(=O)N([C@H](CCOC)[C@H]2C[C@@H]2C(=O)N[C@H]2CC(C)(C)Oc3ccc(Cl)cc32)C(N)=N1. The minimum Gasteiger partial charge on any atom is -0.487 e. The molecular formula is C26H37ClN4O4. The van der Waals surface area contributed by atoms with Gasteiger partial charge in [-0.05, 0) is 64.2 Å². The molecule has 1 aliphatic carbocycles. The van der Waals surface area contributed by atoms with Crippen molar-refractivity contribution in [2.75, 3.05) is 13.7 Å². The molecule has 0 aromatic heterocycles. The molecule has 35 heavy (non-hydrogen) atoms. The van der Waals surface area contributed by atoms with Gasteiger partial charge in [0.1, 0.15) is 11.4 Å². The van der Waals surface area contributed by atoms with E-state index in [-0.39, 0.29) is 41.7 Å². The van der Waals surface area contributed by atoms with Gasteiger partial charge in [0.05, 0.1) is 18.0 Å². The number of rotatable bonds is 8. The van der Waals surface area contributed by atoms with Gasteiger partial charge < -0.3 is 20.5 Å². The third kappa shape index (κ3) is 5.43. The number of nitrogens with one attached hydrogen (secondary N) is 1. The predicted octanol–water partition coefficient (Wildman–Crippen LogP) is 3.82. The van der Waals surface area contributed by atoms with Crippen molar-refractivity contribution < 1.29 is 19.1 Å². The standard InChI is InChI=1S/C26H37ClN4O4/c1-6-26(4)14-22(32)31(24(28)30-26)20(9-10-34-5)16-12-17(16)23(33)29-19-13-25(2,3)35-21-8-7-15(27)11-18(19)21/h7-8,11,16-17,19-20H,6,9-10,12-14H2,1-5H3,(H2,28,30)(H,29,33)/t16-,17-,19-,20+,26-/m0/s1. The summed E-state index contributed by atoms with van der Waals surface area (Å²) in [5, 5.41) is 3.84. The summed E-state index contributed by atoms with van der Waals surface area (Å²) in [4.78, 5) is 32.8. The second-order valence-electron chi connectivity index (χ2n) is 10.9. The van der Waals surface area contributed by atoms with Crippen LogP contribution in [0.4, 0.5) is 0 Å². The van der Waals surface area contributed by atoms with Gasteiger partial charge in [0.2, 0.25) is 11.8 Å². The van der Waals surface area contributed by atoms with Crippen molar-refractivity contribution >= 4 is 29.4 Å². The first-order chi connectivity index (χ1) is 16.5. The molecule has 0 bridgehead atoms. The van der Waals surface area contributed by atoms with Gasteiger partial charge in [0, 0.05) is 42.7 Å². The number of nitrogens with zero attached hydrogens (tertiary/aromatic N) is 2. The highest BCUT2D eigenvalue weighted by molar-refractivity contribution is 6.30. The topological polar surface area (TPSA) is 106 Å². The van der Waals surface area contributed by atoms with E-state index in [0.717, 1.165) is 17.7 Å². The molecule has 192 valence electrons. The second-order valence-corrected chi connectivity index (χ2v) is 11.4. The molecular weight excluding hydrogens is 468 g/mol. The van der Waals surface area contributed by atoms with Gasteiger partial charge in [0.25, 0.3) is 0 Å². The predicted molar refractivity (Wildman–Crippen MR) is 135 cm³/mol. The van der Waals surface area contributed by atoms with Gasteiger partial charge in [-0.2, -0.15) is 0 Å². The van der Waals surface area contributed by atoms with Gasteiger partial charge in [-0.15, -0.1) is 0 Å². The summed E-state index contributed by atoms with van der Waals surface area (Å²) in [6.07, 6.45) is 2.97. The lowest BCUT2D eigenvalue weighted by Gasteiger charge is -2.39. The van der Waals surface area contributed by atoms with Crippen LogP contribution in [0.5, 0.6) is 5.75 Å². The van der Waals surface area contributed by atoms with Crippen LogP contribution in [-0.2, 0) is 14.3 Å². The molecule has 1 aromatic rings. The molecule has 2 aliphatic heterocycles. The number of methoxy groups -OCH3 is 1. The van der Waals surface area contributed by atoms with Crippen LogP contribution < -0.4 is 15.8 Å². The van der Waals surface area contributed by atoms with Crippen LogP contribution in [0.3, 0.4) is 0 Å². The number of aliphatic imine (C=N–C) groups is 1. The Kier molecular flexibility index (Phi) is 7.08. The van der Waals surface area contributed by atoms with Gasteiger partial charge in [-0.25, -0.2) is 4.99 Å². The van der Waals surface area contributed by atoms with Crippen molar-refractivity contribution in [1.29, 1.82) is 0 Å². The first-order valence-electron chi connectivity index (χ1n) is 12.4. The van der Waals surface area contributed by atoms with Crippen molar-refractivity contribution in [3.05, 3.63) is 28.8 Å². The Morgan fingerprint density at radius 1 is 1.40 bits per heavy atom. The van der Waals surface area contributed by atoms with E-state index in [0.29, 0.717) is 37.3 Å². The maximum absolute atomic E-state index is 13.4. The number of hydrogen-bond acceptors (Lipinski definition) is 6. The zero-order chi connectivity index (χ0) is 25.5. The molecule has 3 aliphatic rings. The Morgan fingerprint density at radius 2 is 2.14 bits per heavy atom. The lowest BCUT2D eigenvalue weighted by atomic mass is 9.89. The summed E-state index contributed by atoms with van der Waals surface area (Å²) < 4.78 is 11.4. The van der Waals surface area contributed by atoms with E-state index in [9.17, 15) is 9.59 Å². The molecule has 0 unspecified atom stereocenters. The van der Waals surface area contributed by atoms with Crippen molar-refractivity contribution in [3.8, 4) is 5.75 Å². The fraction of sp³-hybridized carbons (Fsp3) is 0.654. The minimum absolute atomic E-state index is 0.000477. The zero-order valence-electron chi connectivity index (χ0n) is 21.3. The normalized spacial score (nSPS) is 30.1. The average Bonchev–Trinajstić information content (AvgIpc) is 3.56. The molecule has 0 saturated heterocycles. The van der Waals surface area contributed by atoms with Crippen molar-refractivity contribution in [2.24, 2.45) is 22.6 Å². The minimum atomic E-state index is -0.478. The number of carbonyl (C=O) groups excluding carboxylic acids is 2. The van der Waals surface area contributed by atoms with Crippen LogP contribution in [-0.4, -0.2) is 53.6 Å². The summed E-state index contributed by atoms with van der Waals surface area (Å²) in [7, 11) is 1.63. The van der Waals surface area contributed by atoms with Gasteiger partial charge in [0.15, 0.2) is 5.96 Å². The second kappa shape index (κ2) is 9.62. The highest BCUT2D eigenvalue weighted by atomic mass is 35.5. The fourth-order valence-corrected chi connectivity index (χ4v) is 5.60. The lowest BCUT2D eigenvalue weighted by molar-refractivity contribution is -0.132. The fourth-order valence-electron chi connectivity index (χ4n) is 5.42. The maximum Gasteiger partial charge on any atom is 0.231 e. The van der Waals surface area contributed by atoms with Crippen LogP contribution >= 0.6 is 11.6 Å². The molecule has 9 heteroatoms.